The molecule has 1 atom stereocenters. The number of fused-ring (bicyclic) bond motifs is 1. The third kappa shape index (κ3) is 4.39. The van der Waals surface area contributed by atoms with Crippen LogP contribution in [0.4, 0.5) is 15.8 Å². The van der Waals surface area contributed by atoms with Gasteiger partial charge in [-0.05, 0) is 42.5 Å². The van der Waals surface area contributed by atoms with Crippen LogP contribution >= 0.6 is 11.8 Å². The molecule has 0 saturated heterocycles. The highest BCUT2D eigenvalue weighted by Crippen LogP contribution is 2.43. The van der Waals surface area contributed by atoms with Gasteiger partial charge in [0.05, 0.1) is 10.6 Å². The standard InChI is InChI=1S/C21H27FN2O3S2/c1-4-6-7-17-14-24(16-10-8-15(22)9-11-16)18-12-20(28-5-2)19(25)13-21(18)29(26,27)23(17)3/h8-13,17,25H,4-7,14H2,1-3H3. The van der Waals surface area contributed by atoms with Gasteiger partial charge in [0.15, 0.2) is 0 Å². The van der Waals surface area contributed by atoms with Crippen molar-refractivity contribution in [3.05, 3.63) is 42.2 Å². The van der Waals surface area contributed by atoms with Crippen LogP contribution in [0.2, 0.25) is 0 Å². The van der Waals surface area contributed by atoms with Crippen molar-refractivity contribution < 1.29 is 17.9 Å². The molecule has 8 heteroatoms. The van der Waals surface area contributed by atoms with Crippen molar-refractivity contribution in [2.24, 2.45) is 0 Å². The second-order valence-electron chi connectivity index (χ2n) is 7.12. The first-order chi connectivity index (χ1) is 13.8. The molecule has 1 aliphatic rings. The van der Waals surface area contributed by atoms with Gasteiger partial charge in [-0.3, -0.25) is 0 Å². The quantitative estimate of drug-likeness (QED) is 0.645. The van der Waals surface area contributed by atoms with Gasteiger partial charge in [-0.15, -0.1) is 11.8 Å². The lowest BCUT2D eigenvalue weighted by Gasteiger charge is -2.29. The number of sulfonamides is 1. The van der Waals surface area contributed by atoms with Crippen molar-refractivity contribution >= 4 is 33.2 Å². The molecule has 1 N–H and O–H groups in total. The number of phenols is 1. The number of aromatic hydroxyl groups is 1. The molecule has 0 saturated carbocycles. The van der Waals surface area contributed by atoms with Crippen molar-refractivity contribution in [1.82, 2.24) is 4.31 Å². The average molecular weight is 439 g/mol. The summed E-state index contributed by atoms with van der Waals surface area (Å²) < 4.78 is 41.7. The van der Waals surface area contributed by atoms with Crippen LogP contribution in [0.5, 0.6) is 5.75 Å². The van der Waals surface area contributed by atoms with E-state index < -0.39 is 10.0 Å². The Balaban J connectivity index is 2.22. The Morgan fingerprint density at radius 2 is 1.90 bits per heavy atom. The summed E-state index contributed by atoms with van der Waals surface area (Å²) in [5, 5.41) is 10.4. The molecule has 29 heavy (non-hydrogen) atoms. The highest BCUT2D eigenvalue weighted by atomic mass is 32.2. The number of hydrogen-bond donors (Lipinski definition) is 1. The van der Waals surface area contributed by atoms with Crippen LogP contribution in [-0.2, 0) is 10.0 Å². The average Bonchev–Trinajstić information content (AvgIpc) is 2.76. The van der Waals surface area contributed by atoms with Crippen molar-refractivity contribution in [3.63, 3.8) is 0 Å². The molecule has 2 aromatic rings. The number of halogens is 1. The van der Waals surface area contributed by atoms with Crippen molar-refractivity contribution in [2.75, 3.05) is 24.2 Å². The van der Waals surface area contributed by atoms with E-state index in [1.807, 2.05) is 11.8 Å². The number of likely N-dealkylation sites (N-methyl/N-ethyl adjacent to an activating group) is 1. The molecule has 0 radical (unpaired) electrons. The summed E-state index contributed by atoms with van der Waals surface area (Å²) in [6.07, 6.45) is 2.59. The molecule has 1 heterocycles. The highest BCUT2D eigenvalue weighted by molar-refractivity contribution is 7.99. The van der Waals surface area contributed by atoms with Crippen LogP contribution in [-0.4, -0.2) is 43.2 Å². The fourth-order valence-corrected chi connectivity index (χ4v) is 5.86. The number of anilines is 2. The van der Waals surface area contributed by atoms with Gasteiger partial charge in [0.1, 0.15) is 16.5 Å². The monoisotopic (exact) mass is 438 g/mol. The molecule has 0 aromatic heterocycles. The molecule has 0 aliphatic carbocycles. The Labute approximate surface area is 176 Å². The molecule has 0 amide bonds. The number of thioether (sulfide) groups is 1. The summed E-state index contributed by atoms with van der Waals surface area (Å²) in [7, 11) is -2.20. The number of hydrogen-bond acceptors (Lipinski definition) is 5. The van der Waals surface area contributed by atoms with Crippen LogP contribution in [0.25, 0.3) is 0 Å². The Morgan fingerprint density at radius 1 is 1.21 bits per heavy atom. The Hall–Kier alpha value is -1.77. The SMILES string of the molecule is CCCCC1CN(c2ccc(F)cc2)c2cc(SCC)c(O)cc2S(=O)(=O)N1C. The normalized spacial score (nSPS) is 19.0. The lowest BCUT2D eigenvalue weighted by molar-refractivity contribution is 0.351. The number of unbranched alkanes of at least 4 members (excludes halogenated alkanes) is 1. The van der Waals surface area contributed by atoms with Crippen LogP contribution in [0, 0.1) is 5.82 Å². The van der Waals surface area contributed by atoms with E-state index in [-0.39, 0.29) is 22.5 Å². The van der Waals surface area contributed by atoms with E-state index in [0.29, 0.717) is 17.1 Å². The van der Waals surface area contributed by atoms with E-state index in [1.54, 1.807) is 25.2 Å². The summed E-state index contributed by atoms with van der Waals surface area (Å²) in [6.45, 7) is 4.50. The first-order valence-corrected chi connectivity index (χ1v) is 12.2. The van der Waals surface area contributed by atoms with E-state index in [9.17, 15) is 17.9 Å². The Morgan fingerprint density at radius 3 is 2.52 bits per heavy atom. The van der Waals surface area contributed by atoms with Crippen LogP contribution < -0.4 is 4.90 Å². The van der Waals surface area contributed by atoms with Gasteiger partial charge in [0, 0.05) is 31.4 Å². The molecule has 0 bridgehead atoms. The molecule has 158 valence electrons. The second-order valence-corrected chi connectivity index (χ2v) is 10.4. The third-order valence-corrected chi connectivity index (χ3v) is 8.09. The van der Waals surface area contributed by atoms with E-state index >= 15 is 0 Å². The minimum Gasteiger partial charge on any atom is -0.507 e. The van der Waals surface area contributed by atoms with E-state index in [0.717, 1.165) is 30.7 Å². The zero-order valence-corrected chi connectivity index (χ0v) is 18.6. The molecule has 1 aliphatic heterocycles. The van der Waals surface area contributed by atoms with Gasteiger partial charge in [-0.1, -0.05) is 26.7 Å². The fraction of sp³-hybridized carbons (Fsp3) is 0.429. The van der Waals surface area contributed by atoms with Crippen molar-refractivity contribution in [3.8, 4) is 5.75 Å². The molecular formula is C21H27FN2O3S2. The lowest BCUT2D eigenvalue weighted by atomic mass is 10.1. The van der Waals surface area contributed by atoms with Gasteiger partial charge < -0.3 is 10.0 Å². The number of benzene rings is 2. The van der Waals surface area contributed by atoms with E-state index in [1.165, 1.54) is 34.3 Å². The Bertz CT molecular complexity index is 965. The minimum absolute atomic E-state index is 0.0429. The lowest BCUT2D eigenvalue weighted by Crippen LogP contribution is -2.40. The highest BCUT2D eigenvalue weighted by Gasteiger charge is 2.37. The molecule has 2 aromatic carbocycles. The first kappa shape index (κ1) is 21.9. The number of phenolic OH excluding ortho intramolecular Hbond substituents is 1. The summed E-state index contributed by atoms with van der Waals surface area (Å²) >= 11 is 1.45. The van der Waals surface area contributed by atoms with Gasteiger partial charge in [0.2, 0.25) is 10.0 Å². The fourth-order valence-electron chi connectivity index (χ4n) is 3.58. The third-order valence-electron chi connectivity index (χ3n) is 5.22. The smallest absolute Gasteiger partial charge is 0.245 e. The van der Waals surface area contributed by atoms with E-state index in [2.05, 4.69) is 6.92 Å². The van der Waals surface area contributed by atoms with Crippen molar-refractivity contribution in [2.45, 2.75) is 48.9 Å². The molecule has 3 rings (SSSR count). The summed E-state index contributed by atoms with van der Waals surface area (Å²) in [5.41, 5.74) is 1.23. The van der Waals surface area contributed by atoms with E-state index in [4.69, 9.17) is 0 Å². The molecule has 5 nitrogen and oxygen atoms in total. The van der Waals surface area contributed by atoms with Gasteiger partial charge in [-0.25, -0.2) is 12.8 Å². The zero-order valence-electron chi connectivity index (χ0n) is 16.9. The zero-order chi connectivity index (χ0) is 21.2. The summed E-state index contributed by atoms with van der Waals surface area (Å²) in [6, 6.07) is 8.92. The largest absolute Gasteiger partial charge is 0.507 e. The molecular weight excluding hydrogens is 411 g/mol. The maximum absolute atomic E-state index is 13.5. The number of nitrogens with zero attached hydrogens (tertiary/aromatic N) is 2. The topological polar surface area (TPSA) is 60.9 Å². The maximum Gasteiger partial charge on any atom is 0.245 e. The predicted molar refractivity (Wildman–Crippen MR) is 116 cm³/mol. The van der Waals surface area contributed by atoms with Gasteiger partial charge in [0.25, 0.3) is 0 Å². The van der Waals surface area contributed by atoms with Gasteiger partial charge >= 0.3 is 0 Å². The molecule has 0 spiro atoms. The minimum atomic E-state index is -3.79. The molecule has 0 fully saturated rings. The summed E-state index contributed by atoms with van der Waals surface area (Å²) in [5.74, 6) is 0.358. The maximum atomic E-state index is 13.5. The first-order valence-electron chi connectivity index (χ1n) is 9.80. The van der Waals surface area contributed by atoms with Gasteiger partial charge in [-0.2, -0.15) is 4.31 Å². The summed E-state index contributed by atoms with van der Waals surface area (Å²) in [4.78, 5) is 2.62. The molecule has 1 unspecified atom stereocenters. The second kappa shape index (κ2) is 8.93. The van der Waals surface area contributed by atoms with Crippen LogP contribution in [0.1, 0.15) is 33.1 Å². The predicted octanol–water partition coefficient (Wildman–Crippen LogP) is 4.97. The van der Waals surface area contributed by atoms with Crippen molar-refractivity contribution in [1.29, 1.82) is 0 Å². The number of rotatable bonds is 6. The Kier molecular flexibility index (Phi) is 6.76. The van der Waals surface area contributed by atoms with Crippen LogP contribution in [0.15, 0.2) is 46.2 Å². The van der Waals surface area contributed by atoms with Crippen LogP contribution in [0.3, 0.4) is 0 Å².